The van der Waals surface area contributed by atoms with Crippen LogP contribution in [0.3, 0.4) is 0 Å². The Hall–Kier alpha value is -2.04. The second-order valence-corrected chi connectivity index (χ2v) is 6.78. The van der Waals surface area contributed by atoms with Crippen molar-refractivity contribution in [1.82, 2.24) is 4.90 Å². The fourth-order valence-corrected chi connectivity index (χ4v) is 2.74. The van der Waals surface area contributed by atoms with Gasteiger partial charge in [-0.2, -0.15) is 0 Å². The summed E-state index contributed by atoms with van der Waals surface area (Å²) in [6, 6.07) is 6.06. The van der Waals surface area contributed by atoms with Gasteiger partial charge in [0, 0.05) is 19.5 Å². The summed E-state index contributed by atoms with van der Waals surface area (Å²) >= 11 is 0. The van der Waals surface area contributed by atoms with Gasteiger partial charge in [-0.05, 0) is 50.3 Å². The van der Waals surface area contributed by atoms with E-state index in [-0.39, 0.29) is 12.1 Å². The van der Waals surface area contributed by atoms with E-state index in [1.165, 1.54) is 12.7 Å². The molecule has 0 saturated heterocycles. The molecule has 1 aliphatic rings. The number of esters is 1. The Labute approximate surface area is 137 Å². The fraction of sp³-hybridized carbons (Fsp3) is 0.556. The summed E-state index contributed by atoms with van der Waals surface area (Å²) in [7, 11) is 1.40. The molecule has 1 aliphatic heterocycles. The minimum absolute atomic E-state index is 0.200. The number of fused-ring (bicyclic) bond motifs is 1. The van der Waals surface area contributed by atoms with E-state index in [0.717, 1.165) is 17.5 Å². The number of ether oxygens (including phenoxy) is 2. The van der Waals surface area contributed by atoms with E-state index < -0.39 is 5.60 Å². The molecule has 5 nitrogen and oxygen atoms in total. The number of carbonyl (C=O) groups excluding carboxylic acids is 2. The van der Waals surface area contributed by atoms with Gasteiger partial charge in [0.15, 0.2) is 0 Å². The van der Waals surface area contributed by atoms with Gasteiger partial charge >= 0.3 is 12.1 Å². The van der Waals surface area contributed by atoms with Crippen LogP contribution in [0.2, 0.25) is 0 Å². The zero-order valence-electron chi connectivity index (χ0n) is 14.3. The number of rotatable bonds is 3. The molecule has 0 saturated carbocycles. The number of methoxy groups -OCH3 is 1. The molecule has 1 heterocycles. The highest BCUT2D eigenvalue weighted by molar-refractivity contribution is 5.70. The number of nitrogens with zero attached hydrogens (tertiary/aromatic N) is 1. The summed E-state index contributed by atoms with van der Waals surface area (Å²) in [6.45, 7) is 6.79. The van der Waals surface area contributed by atoms with E-state index in [4.69, 9.17) is 9.47 Å². The molecule has 0 spiro atoms. The first-order chi connectivity index (χ1) is 10.8. The van der Waals surface area contributed by atoms with Crippen LogP contribution in [-0.2, 0) is 33.7 Å². The van der Waals surface area contributed by atoms with Crippen LogP contribution in [-0.4, -0.2) is 36.2 Å². The molecule has 0 unspecified atom stereocenters. The summed E-state index contributed by atoms with van der Waals surface area (Å²) in [5, 5.41) is 0. The van der Waals surface area contributed by atoms with Crippen LogP contribution in [0.4, 0.5) is 4.79 Å². The normalized spacial score (nSPS) is 14.2. The van der Waals surface area contributed by atoms with Crippen LogP contribution in [0.1, 0.15) is 43.9 Å². The van der Waals surface area contributed by atoms with Crippen molar-refractivity contribution in [2.75, 3.05) is 13.7 Å². The minimum Gasteiger partial charge on any atom is -0.469 e. The van der Waals surface area contributed by atoms with Crippen LogP contribution in [0, 0.1) is 0 Å². The Morgan fingerprint density at radius 2 is 2.00 bits per heavy atom. The van der Waals surface area contributed by atoms with Crippen LogP contribution in [0.5, 0.6) is 0 Å². The van der Waals surface area contributed by atoms with Crippen LogP contribution in [0.25, 0.3) is 0 Å². The monoisotopic (exact) mass is 319 g/mol. The van der Waals surface area contributed by atoms with Gasteiger partial charge in [0.1, 0.15) is 5.60 Å². The van der Waals surface area contributed by atoms with E-state index in [1.54, 1.807) is 4.90 Å². The van der Waals surface area contributed by atoms with Gasteiger partial charge < -0.3 is 14.4 Å². The van der Waals surface area contributed by atoms with Crippen molar-refractivity contribution in [1.29, 1.82) is 0 Å². The molecule has 0 fully saturated rings. The number of hydrogen-bond donors (Lipinski definition) is 0. The molecule has 23 heavy (non-hydrogen) atoms. The molecule has 0 aromatic heterocycles. The zero-order chi connectivity index (χ0) is 17.0. The van der Waals surface area contributed by atoms with Crippen molar-refractivity contribution in [2.24, 2.45) is 0 Å². The van der Waals surface area contributed by atoms with Crippen molar-refractivity contribution in [2.45, 2.75) is 52.2 Å². The first kappa shape index (κ1) is 17.3. The first-order valence-electron chi connectivity index (χ1n) is 7.94. The number of hydrogen-bond acceptors (Lipinski definition) is 4. The maximum Gasteiger partial charge on any atom is 0.410 e. The molecule has 1 aromatic carbocycles. The van der Waals surface area contributed by atoms with E-state index in [9.17, 15) is 9.59 Å². The van der Waals surface area contributed by atoms with Gasteiger partial charge in [0.2, 0.25) is 0 Å². The second kappa shape index (κ2) is 7.02. The van der Waals surface area contributed by atoms with E-state index in [1.807, 2.05) is 39.0 Å². The lowest BCUT2D eigenvalue weighted by Gasteiger charge is -2.32. The molecule has 0 bridgehead atoms. The van der Waals surface area contributed by atoms with Gasteiger partial charge in [0.25, 0.3) is 0 Å². The third kappa shape index (κ3) is 4.71. The summed E-state index contributed by atoms with van der Waals surface area (Å²) in [6.07, 6.45) is 1.56. The highest BCUT2D eigenvalue weighted by atomic mass is 16.6. The van der Waals surface area contributed by atoms with Gasteiger partial charge in [-0.3, -0.25) is 4.79 Å². The molecule has 1 aromatic rings. The summed E-state index contributed by atoms with van der Waals surface area (Å²) < 4.78 is 10.1. The summed E-state index contributed by atoms with van der Waals surface area (Å²) in [4.78, 5) is 25.3. The Kier molecular flexibility index (Phi) is 5.29. The maximum absolute atomic E-state index is 12.2. The van der Waals surface area contributed by atoms with E-state index >= 15 is 0 Å². The molecule has 0 N–H and O–H groups in total. The molecule has 0 atom stereocenters. The molecule has 5 heteroatoms. The fourth-order valence-electron chi connectivity index (χ4n) is 2.74. The van der Waals surface area contributed by atoms with E-state index in [0.29, 0.717) is 25.9 Å². The highest BCUT2D eigenvalue weighted by Gasteiger charge is 2.26. The molecular weight excluding hydrogens is 294 g/mol. The average Bonchev–Trinajstić information content (AvgIpc) is 2.50. The number of aryl methyl sites for hydroxylation is 1. The summed E-state index contributed by atoms with van der Waals surface area (Å²) in [5.74, 6) is -0.200. The smallest absolute Gasteiger partial charge is 0.410 e. The van der Waals surface area contributed by atoms with Crippen LogP contribution in [0.15, 0.2) is 18.2 Å². The third-order valence-corrected chi connectivity index (χ3v) is 3.84. The van der Waals surface area contributed by atoms with Gasteiger partial charge in [-0.25, -0.2) is 4.79 Å². The minimum atomic E-state index is -0.486. The second-order valence-electron chi connectivity index (χ2n) is 6.78. The van der Waals surface area contributed by atoms with Crippen molar-refractivity contribution in [3.05, 3.63) is 34.9 Å². The largest absolute Gasteiger partial charge is 0.469 e. The predicted octanol–water partition coefficient (Wildman–Crippen LogP) is 3.09. The van der Waals surface area contributed by atoms with E-state index in [2.05, 4.69) is 0 Å². The van der Waals surface area contributed by atoms with Gasteiger partial charge in [-0.15, -0.1) is 0 Å². The lowest BCUT2D eigenvalue weighted by atomic mass is 9.92. The van der Waals surface area contributed by atoms with Crippen molar-refractivity contribution < 1.29 is 19.1 Å². The molecule has 126 valence electrons. The Morgan fingerprint density at radius 3 is 2.65 bits per heavy atom. The quantitative estimate of drug-likeness (QED) is 0.803. The van der Waals surface area contributed by atoms with Gasteiger partial charge in [-0.1, -0.05) is 18.2 Å². The maximum atomic E-state index is 12.2. The van der Waals surface area contributed by atoms with Crippen LogP contribution >= 0.6 is 0 Å². The first-order valence-corrected chi connectivity index (χ1v) is 7.94. The predicted molar refractivity (Wildman–Crippen MR) is 87.1 cm³/mol. The lowest BCUT2D eigenvalue weighted by molar-refractivity contribution is -0.140. The number of amides is 1. The van der Waals surface area contributed by atoms with Crippen molar-refractivity contribution in [3.63, 3.8) is 0 Å². The molecular formula is C18H25NO4. The molecule has 0 radical (unpaired) electrons. The SMILES string of the molecule is COC(=O)CCc1cccc2c1CCN(C(=O)OC(C)(C)C)C2. The van der Waals surface area contributed by atoms with Crippen LogP contribution < -0.4 is 0 Å². The molecule has 0 aliphatic carbocycles. The highest BCUT2D eigenvalue weighted by Crippen LogP contribution is 2.25. The Bertz CT molecular complexity index is 589. The lowest BCUT2D eigenvalue weighted by Crippen LogP contribution is -2.40. The zero-order valence-corrected chi connectivity index (χ0v) is 14.3. The van der Waals surface area contributed by atoms with Gasteiger partial charge in [0.05, 0.1) is 7.11 Å². The molecule has 2 rings (SSSR count). The molecule has 1 amide bonds. The topological polar surface area (TPSA) is 55.8 Å². The Morgan fingerprint density at radius 1 is 1.26 bits per heavy atom. The number of benzene rings is 1. The summed E-state index contributed by atoms with van der Waals surface area (Å²) in [5.41, 5.74) is 3.05. The van der Waals surface area contributed by atoms with Crippen molar-refractivity contribution >= 4 is 12.1 Å². The standard InChI is InChI=1S/C18H25NO4/c1-18(2,3)23-17(21)19-11-10-15-13(8-9-16(20)22-4)6-5-7-14(15)12-19/h5-7H,8-12H2,1-4H3. The Balaban J connectivity index is 2.07. The number of carbonyl (C=O) groups is 2. The van der Waals surface area contributed by atoms with Crippen molar-refractivity contribution in [3.8, 4) is 0 Å². The third-order valence-electron chi connectivity index (χ3n) is 3.84. The average molecular weight is 319 g/mol.